The molecular formula is C9H7N3O4. The maximum Gasteiger partial charge on any atom is 0.275 e. The topological polar surface area (TPSA) is 116 Å². The average Bonchev–Trinajstić information content (AvgIpc) is 2.20. The van der Waals surface area contributed by atoms with Crippen LogP contribution in [-0.4, -0.2) is 16.9 Å². The van der Waals surface area contributed by atoms with E-state index in [1.165, 1.54) is 19.1 Å². The highest BCUT2D eigenvalue weighted by Gasteiger charge is 2.17. The van der Waals surface area contributed by atoms with Crippen molar-refractivity contribution in [2.45, 2.75) is 6.92 Å². The fourth-order valence-electron chi connectivity index (χ4n) is 1.18. The van der Waals surface area contributed by atoms with E-state index in [1.54, 1.807) is 0 Å². The number of nitrogens with two attached hydrogens (primary N) is 1. The minimum atomic E-state index is -0.828. The number of amides is 1. The SMILES string of the molecule is Cc1c(N=C=O)cc(C(N)=O)cc1[N+](=O)[O-]. The van der Waals surface area contributed by atoms with Gasteiger partial charge in [0, 0.05) is 11.6 Å². The Bertz CT molecular complexity index is 494. The Morgan fingerprint density at radius 1 is 1.56 bits per heavy atom. The van der Waals surface area contributed by atoms with Crippen molar-refractivity contribution >= 4 is 23.4 Å². The summed E-state index contributed by atoms with van der Waals surface area (Å²) in [5, 5.41) is 10.7. The highest BCUT2D eigenvalue weighted by Crippen LogP contribution is 2.29. The van der Waals surface area contributed by atoms with E-state index >= 15 is 0 Å². The summed E-state index contributed by atoms with van der Waals surface area (Å²) >= 11 is 0. The van der Waals surface area contributed by atoms with Crippen LogP contribution in [-0.2, 0) is 4.79 Å². The Balaban J connectivity index is 3.56. The zero-order valence-corrected chi connectivity index (χ0v) is 8.26. The molecule has 0 bridgehead atoms. The van der Waals surface area contributed by atoms with E-state index in [1.807, 2.05) is 0 Å². The van der Waals surface area contributed by atoms with Gasteiger partial charge in [0.05, 0.1) is 16.2 Å². The summed E-state index contributed by atoms with van der Waals surface area (Å²) < 4.78 is 0. The van der Waals surface area contributed by atoms with Crippen LogP contribution in [0.3, 0.4) is 0 Å². The molecule has 0 aliphatic heterocycles. The van der Waals surface area contributed by atoms with Crippen LogP contribution in [0.5, 0.6) is 0 Å². The largest absolute Gasteiger partial charge is 0.366 e. The highest BCUT2D eigenvalue weighted by atomic mass is 16.6. The molecule has 0 atom stereocenters. The van der Waals surface area contributed by atoms with E-state index < -0.39 is 10.8 Å². The number of hydrogen-bond acceptors (Lipinski definition) is 5. The van der Waals surface area contributed by atoms with Crippen molar-refractivity contribution in [2.75, 3.05) is 0 Å². The first-order valence-electron chi connectivity index (χ1n) is 4.14. The smallest absolute Gasteiger partial charge is 0.275 e. The first-order chi connectivity index (χ1) is 7.47. The molecule has 1 rings (SSSR count). The molecule has 0 radical (unpaired) electrons. The zero-order chi connectivity index (χ0) is 12.3. The molecule has 0 unspecified atom stereocenters. The first-order valence-corrected chi connectivity index (χ1v) is 4.14. The fourth-order valence-corrected chi connectivity index (χ4v) is 1.18. The second-order valence-corrected chi connectivity index (χ2v) is 2.96. The van der Waals surface area contributed by atoms with Crippen molar-refractivity contribution in [1.29, 1.82) is 0 Å². The Morgan fingerprint density at radius 2 is 2.19 bits per heavy atom. The van der Waals surface area contributed by atoms with Crippen LogP contribution in [0.4, 0.5) is 11.4 Å². The number of aliphatic imine (C=N–C) groups is 1. The van der Waals surface area contributed by atoms with Gasteiger partial charge in [0.1, 0.15) is 0 Å². The number of nitrogens with zero attached hydrogens (tertiary/aromatic N) is 2. The summed E-state index contributed by atoms with van der Waals surface area (Å²) in [5.74, 6) is -0.828. The lowest BCUT2D eigenvalue weighted by Crippen LogP contribution is -2.11. The molecule has 0 heterocycles. The van der Waals surface area contributed by atoms with Gasteiger partial charge in [0.15, 0.2) is 0 Å². The van der Waals surface area contributed by atoms with Crippen LogP contribution in [0.15, 0.2) is 17.1 Å². The van der Waals surface area contributed by atoms with Gasteiger partial charge in [-0.3, -0.25) is 14.9 Å². The average molecular weight is 221 g/mol. The molecule has 0 saturated carbocycles. The Kier molecular flexibility index (Phi) is 3.12. The normalized spacial score (nSPS) is 9.31. The minimum absolute atomic E-state index is 0.0120. The molecule has 0 aliphatic rings. The summed E-state index contributed by atoms with van der Waals surface area (Å²) in [6.45, 7) is 1.42. The Labute approximate surface area is 89.7 Å². The van der Waals surface area contributed by atoms with E-state index in [9.17, 15) is 19.7 Å². The summed E-state index contributed by atoms with van der Waals surface area (Å²) in [5.41, 5.74) is 4.80. The van der Waals surface area contributed by atoms with Crippen molar-refractivity contribution in [3.63, 3.8) is 0 Å². The van der Waals surface area contributed by atoms with Crippen molar-refractivity contribution in [3.8, 4) is 0 Å². The lowest BCUT2D eigenvalue weighted by Gasteiger charge is -2.02. The Morgan fingerprint density at radius 3 is 2.62 bits per heavy atom. The molecule has 2 N–H and O–H groups in total. The predicted molar refractivity (Wildman–Crippen MR) is 54.1 cm³/mol. The second-order valence-electron chi connectivity index (χ2n) is 2.96. The van der Waals surface area contributed by atoms with Gasteiger partial charge >= 0.3 is 0 Å². The maximum absolute atomic E-state index is 10.9. The second kappa shape index (κ2) is 4.33. The fraction of sp³-hybridized carbons (Fsp3) is 0.111. The molecule has 1 aromatic rings. The molecule has 0 aromatic heterocycles. The van der Waals surface area contributed by atoms with Crippen LogP contribution in [0.25, 0.3) is 0 Å². The molecule has 1 amide bonds. The third-order valence-corrected chi connectivity index (χ3v) is 2.00. The van der Waals surface area contributed by atoms with E-state index in [-0.39, 0.29) is 22.5 Å². The summed E-state index contributed by atoms with van der Waals surface area (Å²) in [4.78, 5) is 34.3. The monoisotopic (exact) mass is 221 g/mol. The number of nitro groups is 1. The highest BCUT2D eigenvalue weighted by molar-refractivity contribution is 5.95. The van der Waals surface area contributed by atoms with Crippen LogP contribution in [0.2, 0.25) is 0 Å². The number of isocyanates is 1. The third-order valence-electron chi connectivity index (χ3n) is 2.00. The summed E-state index contributed by atoms with van der Waals surface area (Å²) in [7, 11) is 0. The Hall–Kier alpha value is -2.53. The molecule has 7 heteroatoms. The zero-order valence-electron chi connectivity index (χ0n) is 8.26. The molecule has 0 spiro atoms. The molecule has 82 valence electrons. The predicted octanol–water partition coefficient (Wildman–Crippen LogP) is 0.969. The van der Waals surface area contributed by atoms with Crippen molar-refractivity contribution in [2.24, 2.45) is 10.7 Å². The van der Waals surface area contributed by atoms with Gasteiger partial charge < -0.3 is 5.73 Å². The number of nitro benzene ring substituents is 1. The van der Waals surface area contributed by atoms with Crippen LogP contribution in [0, 0.1) is 17.0 Å². The first kappa shape index (κ1) is 11.5. The lowest BCUT2D eigenvalue weighted by atomic mass is 10.1. The van der Waals surface area contributed by atoms with Gasteiger partial charge in [0.2, 0.25) is 12.0 Å². The number of primary amides is 1. The third kappa shape index (κ3) is 2.10. The van der Waals surface area contributed by atoms with Gasteiger partial charge in [-0.05, 0) is 13.0 Å². The molecule has 0 aliphatic carbocycles. The van der Waals surface area contributed by atoms with Gasteiger partial charge in [0.25, 0.3) is 5.69 Å². The summed E-state index contributed by atoms with van der Waals surface area (Å²) in [6.07, 6.45) is 1.26. The van der Waals surface area contributed by atoms with E-state index in [4.69, 9.17) is 5.73 Å². The number of hydrogen-bond donors (Lipinski definition) is 1. The van der Waals surface area contributed by atoms with Crippen molar-refractivity contribution in [3.05, 3.63) is 33.4 Å². The number of rotatable bonds is 3. The van der Waals surface area contributed by atoms with E-state index in [0.717, 1.165) is 6.07 Å². The number of carbonyl (C=O) groups is 1. The number of benzene rings is 1. The molecule has 0 fully saturated rings. The van der Waals surface area contributed by atoms with E-state index in [2.05, 4.69) is 4.99 Å². The minimum Gasteiger partial charge on any atom is -0.366 e. The van der Waals surface area contributed by atoms with Crippen molar-refractivity contribution in [1.82, 2.24) is 0 Å². The van der Waals surface area contributed by atoms with Gasteiger partial charge in [-0.15, -0.1) is 0 Å². The van der Waals surface area contributed by atoms with Crippen molar-refractivity contribution < 1.29 is 14.5 Å². The molecule has 16 heavy (non-hydrogen) atoms. The van der Waals surface area contributed by atoms with Crippen LogP contribution in [0.1, 0.15) is 15.9 Å². The molecule has 1 aromatic carbocycles. The maximum atomic E-state index is 10.9. The van der Waals surface area contributed by atoms with Crippen LogP contribution >= 0.6 is 0 Å². The van der Waals surface area contributed by atoms with E-state index in [0.29, 0.717) is 0 Å². The standard InChI is InChI=1S/C9H7N3O4/c1-5-7(11-4-13)2-6(9(10)14)3-8(5)12(15)16/h2-3H,1H3,(H2,10,14). The van der Waals surface area contributed by atoms with Gasteiger partial charge in [-0.25, -0.2) is 4.79 Å². The quantitative estimate of drug-likeness (QED) is 0.354. The lowest BCUT2D eigenvalue weighted by molar-refractivity contribution is -0.385. The van der Waals surface area contributed by atoms with Gasteiger partial charge in [-0.1, -0.05) is 0 Å². The van der Waals surface area contributed by atoms with Crippen LogP contribution < -0.4 is 5.73 Å². The molecule has 0 saturated heterocycles. The molecular weight excluding hydrogens is 214 g/mol. The van der Waals surface area contributed by atoms with Gasteiger partial charge in [-0.2, -0.15) is 4.99 Å². The molecule has 7 nitrogen and oxygen atoms in total. The number of carbonyl (C=O) groups excluding carboxylic acids is 2. The summed E-state index contributed by atoms with van der Waals surface area (Å²) in [6, 6.07) is 2.25.